The van der Waals surface area contributed by atoms with E-state index in [0.717, 1.165) is 6.07 Å². The molecule has 0 radical (unpaired) electrons. The van der Waals surface area contributed by atoms with Crippen LogP contribution in [0, 0.1) is 23.4 Å². The lowest BCUT2D eigenvalue weighted by Gasteiger charge is -2.41. The molecule has 0 amide bonds. The van der Waals surface area contributed by atoms with E-state index in [1.807, 2.05) is 0 Å². The van der Waals surface area contributed by atoms with Gasteiger partial charge in [0.2, 0.25) is 0 Å². The van der Waals surface area contributed by atoms with E-state index in [4.69, 9.17) is 5.11 Å². The largest absolute Gasteiger partial charge is 0.481 e. The summed E-state index contributed by atoms with van der Waals surface area (Å²) in [5.74, 6) is -6.35. The summed E-state index contributed by atoms with van der Waals surface area (Å²) in [4.78, 5) is 10.6. The molecule has 1 fully saturated rings. The molecule has 2 N–H and O–H groups in total. The average Bonchev–Trinajstić information content (AvgIpc) is 2.21. The first-order chi connectivity index (χ1) is 7.85. The van der Waals surface area contributed by atoms with E-state index in [1.54, 1.807) is 0 Å². The second-order valence-electron chi connectivity index (χ2n) is 4.20. The van der Waals surface area contributed by atoms with Gasteiger partial charge in [0, 0.05) is 5.56 Å². The molecule has 2 rings (SSSR count). The van der Waals surface area contributed by atoms with E-state index >= 15 is 0 Å². The van der Waals surface area contributed by atoms with E-state index in [0.29, 0.717) is 6.07 Å². The zero-order valence-corrected chi connectivity index (χ0v) is 8.58. The Kier molecular flexibility index (Phi) is 2.61. The Balaban J connectivity index is 2.31. The number of halogens is 3. The molecule has 0 atom stereocenters. The van der Waals surface area contributed by atoms with E-state index < -0.39 is 40.5 Å². The molecule has 92 valence electrons. The summed E-state index contributed by atoms with van der Waals surface area (Å²) in [6, 6.07) is 1.64. The van der Waals surface area contributed by atoms with E-state index in [9.17, 15) is 23.1 Å². The highest BCUT2D eigenvalue weighted by atomic mass is 19.2. The molecule has 0 saturated heterocycles. The molecule has 0 heterocycles. The molecule has 3 nitrogen and oxygen atoms in total. The SMILES string of the molecule is O=C(O)C1CC(O)(c2ccc(F)c(F)c2F)C1. The first kappa shape index (κ1) is 11.9. The van der Waals surface area contributed by atoms with Crippen LogP contribution in [0.25, 0.3) is 0 Å². The monoisotopic (exact) mass is 246 g/mol. The van der Waals surface area contributed by atoms with Crippen LogP contribution in [0.15, 0.2) is 12.1 Å². The highest BCUT2D eigenvalue weighted by Gasteiger charge is 2.49. The van der Waals surface area contributed by atoms with Gasteiger partial charge in [0.25, 0.3) is 0 Å². The van der Waals surface area contributed by atoms with Crippen LogP contribution in [-0.4, -0.2) is 16.2 Å². The number of carboxylic acids is 1. The Labute approximate surface area is 94.5 Å². The van der Waals surface area contributed by atoms with Crippen molar-refractivity contribution in [1.29, 1.82) is 0 Å². The standard InChI is InChI=1S/C11H9F3O3/c12-7-2-1-6(8(13)9(7)14)11(17)3-5(4-11)10(15)16/h1-2,5,17H,3-4H2,(H,15,16). The van der Waals surface area contributed by atoms with Crippen molar-refractivity contribution in [3.05, 3.63) is 35.1 Å². The van der Waals surface area contributed by atoms with E-state index in [1.165, 1.54) is 0 Å². The summed E-state index contributed by atoms with van der Waals surface area (Å²) in [7, 11) is 0. The minimum Gasteiger partial charge on any atom is -0.481 e. The predicted octanol–water partition coefficient (Wildman–Crippen LogP) is 1.79. The fourth-order valence-corrected chi connectivity index (χ4v) is 2.04. The van der Waals surface area contributed by atoms with Crippen LogP contribution >= 0.6 is 0 Å². The third-order valence-corrected chi connectivity index (χ3v) is 3.05. The second-order valence-corrected chi connectivity index (χ2v) is 4.20. The lowest BCUT2D eigenvalue weighted by molar-refractivity contribution is -0.159. The molecule has 6 heteroatoms. The van der Waals surface area contributed by atoms with Gasteiger partial charge in [-0.2, -0.15) is 0 Å². The number of rotatable bonds is 2. The Morgan fingerprint density at radius 2 is 1.82 bits per heavy atom. The van der Waals surface area contributed by atoms with Gasteiger partial charge in [0.05, 0.1) is 11.5 Å². The van der Waals surface area contributed by atoms with Crippen molar-refractivity contribution in [2.45, 2.75) is 18.4 Å². The molecule has 1 aromatic rings. The zero-order chi connectivity index (χ0) is 12.8. The molecule has 0 unspecified atom stereocenters. The van der Waals surface area contributed by atoms with Crippen molar-refractivity contribution in [3.63, 3.8) is 0 Å². The lowest BCUT2D eigenvalue weighted by atomic mass is 9.67. The molecular weight excluding hydrogens is 237 g/mol. The smallest absolute Gasteiger partial charge is 0.306 e. The highest BCUT2D eigenvalue weighted by Crippen LogP contribution is 2.46. The number of aliphatic carboxylic acids is 1. The Morgan fingerprint density at radius 3 is 2.35 bits per heavy atom. The molecule has 0 bridgehead atoms. The molecule has 17 heavy (non-hydrogen) atoms. The van der Waals surface area contributed by atoms with Crippen LogP contribution < -0.4 is 0 Å². The molecule has 1 aliphatic rings. The van der Waals surface area contributed by atoms with Crippen molar-refractivity contribution < 1.29 is 28.2 Å². The Hall–Kier alpha value is -1.56. The first-order valence-electron chi connectivity index (χ1n) is 4.94. The predicted molar refractivity (Wildman–Crippen MR) is 50.6 cm³/mol. The van der Waals surface area contributed by atoms with Crippen molar-refractivity contribution in [1.82, 2.24) is 0 Å². The van der Waals surface area contributed by atoms with Gasteiger partial charge in [-0.15, -0.1) is 0 Å². The molecule has 0 spiro atoms. The fourth-order valence-electron chi connectivity index (χ4n) is 2.04. The zero-order valence-electron chi connectivity index (χ0n) is 8.58. The van der Waals surface area contributed by atoms with Gasteiger partial charge in [-0.25, -0.2) is 13.2 Å². The molecule has 1 saturated carbocycles. The molecule has 0 aliphatic heterocycles. The second kappa shape index (κ2) is 3.73. The van der Waals surface area contributed by atoms with Crippen molar-refractivity contribution in [2.24, 2.45) is 5.92 Å². The highest BCUT2D eigenvalue weighted by molar-refractivity contribution is 5.71. The van der Waals surface area contributed by atoms with Gasteiger partial charge in [-0.1, -0.05) is 6.07 Å². The van der Waals surface area contributed by atoms with Gasteiger partial charge in [-0.05, 0) is 18.9 Å². The van der Waals surface area contributed by atoms with Gasteiger partial charge in [0.1, 0.15) is 0 Å². The van der Waals surface area contributed by atoms with Gasteiger partial charge < -0.3 is 10.2 Å². The molecule has 1 aliphatic carbocycles. The topological polar surface area (TPSA) is 57.5 Å². The minimum absolute atomic E-state index is 0.204. The first-order valence-corrected chi connectivity index (χ1v) is 4.94. The molecular formula is C11H9F3O3. The van der Waals surface area contributed by atoms with Gasteiger partial charge in [0.15, 0.2) is 17.5 Å². The normalized spacial score (nSPS) is 27.6. The third kappa shape index (κ3) is 1.78. The quantitative estimate of drug-likeness (QED) is 0.782. The van der Waals surface area contributed by atoms with Crippen LogP contribution in [0.1, 0.15) is 18.4 Å². The van der Waals surface area contributed by atoms with Crippen LogP contribution in [0.5, 0.6) is 0 Å². The van der Waals surface area contributed by atoms with Gasteiger partial charge >= 0.3 is 5.97 Å². The summed E-state index contributed by atoms with van der Waals surface area (Å²) >= 11 is 0. The van der Waals surface area contributed by atoms with Crippen LogP contribution in [0.4, 0.5) is 13.2 Å². The van der Waals surface area contributed by atoms with Crippen molar-refractivity contribution in [3.8, 4) is 0 Å². The number of aliphatic hydroxyl groups is 1. The Morgan fingerprint density at radius 1 is 1.24 bits per heavy atom. The van der Waals surface area contributed by atoms with E-state index in [2.05, 4.69) is 0 Å². The van der Waals surface area contributed by atoms with Crippen molar-refractivity contribution in [2.75, 3.05) is 0 Å². The van der Waals surface area contributed by atoms with E-state index in [-0.39, 0.29) is 12.8 Å². The summed E-state index contributed by atoms with van der Waals surface area (Å²) < 4.78 is 39.0. The van der Waals surface area contributed by atoms with Crippen LogP contribution in [0.2, 0.25) is 0 Å². The summed E-state index contributed by atoms with van der Waals surface area (Å²) in [6.45, 7) is 0. The maximum Gasteiger partial charge on any atom is 0.306 e. The number of hydrogen-bond donors (Lipinski definition) is 2. The van der Waals surface area contributed by atoms with Crippen LogP contribution in [0.3, 0.4) is 0 Å². The minimum atomic E-state index is -1.72. The number of hydrogen-bond acceptors (Lipinski definition) is 2. The van der Waals surface area contributed by atoms with Gasteiger partial charge in [-0.3, -0.25) is 4.79 Å². The third-order valence-electron chi connectivity index (χ3n) is 3.05. The maximum absolute atomic E-state index is 13.4. The Bertz CT molecular complexity index is 481. The average molecular weight is 246 g/mol. The number of carbonyl (C=O) groups is 1. The maximum atomic E-state index is 13.4. The molecule has 0 aromatic heterocycles. The van der Waals surface area contributed by atoms with Crippen LogP contribution in [-0.2, 0) is 10.4 Å². The van der Waals surface area contributed by atoms with Crippen molar-refractivity contribution >= 4 is 5.97 Å². The number of benzene rings is 1. The fraction of sp³-hybridized carbons (Fsp3) is 0.364. The summed E-state index contributed by atoms with van der Waals surface area (Å²) in [6.07, 6.45) is -0.408. The summed E-state index contributed by atoms with van der Waals surface area (Å²) in [5, 5.41) is 18.5. The summed E-state index contributed by atoms with van der Waals surface area (Å²) in [5.41, 5.74) is -2.12. The molecule has 1 aromatic carbocycles. The lowest BCUT2D eigenvalue weighted by Crippen LogP contribution is -2.45. The number of carboxylic acid groups (broad SMARTS) is 1.